The van der Waals surface area contributed by atoms with Crippen molar-refractivity contribution in [2.45, 2.75) is 12.8 Å². The third kappa shape index (κ3) is 3.35. The lowest BCUT2D eigenvalue weighted by Crippen LogP contribution is -2.34. The zero-order valence-corrected chi connectivity index (χ0v) is 10.9. The molecule has 100 valence electrons. The molecule has 1 aromatic carbocycles. The van der Waals surface area contributed by atoms with Gasteiger partial charge in [-0.2, -0.15) is 0 Å². The molecule has 2 atom stereocenters. The van der Waals surface area contributed by atoms with Crippen molar-refractivity contribution in [2.24, 2.45) is 11.8 Å². The van der Waals surface area contributed by atoms with E-state index < -0.39 is 17.8 Å². The molecule has 0 aliphatic heterocycles. The van der Waals surface area contributed by atoms with Crippen molar-refractivity contribution in [3.05, 3.63) is 41.4 Å². The Morgan fingerprint density at radius 2 is 2.16 bits per heavy atom. The summed E-state index contributed by atoms with van der Waals surface area (Å²) in [6.45, 7) is 0. The smallest absolute Gasteiger partial charge is 0.311 e. The second-order valence-corrected chi connectivity index (χ2v) is 4.91. The van der Waals surface area contributed by atoms with Crippen molar-refractivity contribution in [1.29, 1.82) is 0 Å². The van der Waals surface area contributed by atoms with E-state index in [1.165, 1.54) is 0 Å². The molecule has 1 amide bonds. The molecule has 0 unspecified atom stereocenters. The predicted octanol–water partition coefficient (Wildman–Crippen LogP) is 2.95. The van der Waals surface area contributed by atoms with Gasteiger partial charge in [0.05, 0.1) is 11.8 Å². The molecule has 0 heterocycles. The van der Waals surface area contributed by atoms with Gasteiger partial charge < -0.3 is 10.4 Å². The van der Waals surface area contributed by atoms with E-state index in [9.17, 15) is 9.59 Å². The summed E-state index contributed by atoms with van der Waals surface area (Å²) >= 11 is 5.84. The molecule has 0 aromatic heterocycles. The zero-order valence-electron chi connectivity index (χ0n) is 10.2. The summed E-state index contributed by atoms with van der Waals surface area (Å²) in [6.07, 6.45) is 4.66. The average molecular weight is 280 g/mol. The van der Waals surface area contributed by atoms with Gasteiger partial charge in [-0.25, -0.2) is 0 Å². The Kier molecular flexibility index (Phi) is 4.22. The lowest BCUT2D eigenvalue weighted by atomic mass is 9.83. The number of aliphatic carboxylic acids is 1. The van der Waals surface area contributed by atoms with E-state index in [4.69, 9.17) is 16.7 Å². The van der Waals surface area contributed by atoms with Crippen LogP contribution in [0.4, 0.5) is 5.69 Å². The van der Waals surface area contributed by atoms with Crippen LogP contribution in [-0.4, -0.2) is 17.0 Å². The molecule has 1 aliphatic rings. The largest absolute Gasteiger partial charge is 0.481 e. The van der Waals surface area contributed by atoms with Crippen molar-refractivity contribution in [1.82, 2.24) is 0 Å². The van der Waals surface area contributed by atoms with Crippen LogP contribution in [0.2, 0.25) is 5.02 Å². The van der Waals surface area contributed by atoms with Gasteiger partial charge in [-0.15, -0.1) is 0 Å². The number of nitrogens with one attached hydrogen (secondary N) is 1. The summed E-state index contributed by atoms with van der Waals surface area (Å²) in [4.78, 5) is 23.3. The number of carbonyl (C=O) groups is 2. The van der Waals surface area contributed by atoms with E-state index in [1.54, 1.807) is 30.3 Å². The Labute approximate surface area is 116 Å². The number of carboxylic acid groups (broad SMARTS) is 1. The number of carbonyl (C=O) groups excluding carboxylic acids is 1. The van der Waals surface area contributed by atoms with Crippen LogP contribution in [0.1, 0.15) is 12.8 Å². The SMILES string of the molecule is O=C(O)[C@H]1C=CCC[C@H]1C(=O)Nc1cccc(Cl)c1. The summed E-state index contributed by atoms with van der Waals surface area (Å²) in [7, 11) is 0. The first kappa shape index (κ1) is 13.6. The van der Waals surface area contributed by atoms with Gasteiger partial charge in [0.15, 0.2) is 0 Å². The maximum Gasteiger partial charge on any atom is 0.311 e. The maximum absolute atomic E-state index is 12.1. The summed E-state index contributed by atoms with van der Waals surface area (Å²) in [5, 5.41) is 12.4. The first-order valence-corrected chi connectivity index (χ1v) is 6.41. The third-order valence-electron chi connectivity index (χ3n) is 3.14. The first-order valence-electron chi connectivity index (χ1n) is 6.04. The van der Waals surface area contributed by atoms with E-state index in [0.29, 0.717) is 17.1 Å². The van der Waals surface area contributed by atoms with Gasteiger partial charge in [0, 0.05) is 10.7 Å². The van der Waals surface area contributed by atoms with E-state index in [2.05, 4.69) is 5.32 Å². The van der Waals surface area contributed by atoms with E-state index in [-0.39, 0.29) is 5.91 Å². The molecule has 0 fully saturated rings. The highest BCUT2D eigenvalue weighted by Gasteiger charge is 2.33. The molecular weight excluding hydrogens is 266 g/mol. The number of halogens is 1. The molecular formula is C14H14ClNO3. The molecule has 4 nitrogen and oxygen atoms in total. The van der Waals surface area contributed by atoms with Crippen LogP contribution >= 0.6 is 11.6 Å². The third-order valence-corrected chi connectivity index (χ3v) is 3.37. The number of hydrogen-bond acceptors (Lipinski definition) is 2. The summed E-state index contributed by atoms with van der Waals surface area (Å²) in [5.74, 6) is -2.55. The van der Waals surface area contributed by atoms with Gasteiger partial charge in [0.2, 0.25) is 5.91 Å². The highest BCUT2D eigenvalue weighted by Crippen LogP contribution is 2.27. The van der Waals surface area contributed by atoms with Crippen LogP contribution in [0.3, 0.4) is 0 Å². The normalized spacial score (nSPS) is 21.9. The number of carboxylic acids is 1. The second-order valence-electron chi connectivity index (χ2n) is 4.48. The number of amides is 1. The molecule has 1 aromatic rings. The Hall–Kier alpha value is -1.81. The number of rotatable bonds is 3. The van der Waals surface area contributed by atoms with E-state index in [0.717, 1.165) is 6.42 Å². The fraction of sp³-hybridized carbons (Fsp3) is 0.286. The van der Waals surface area contributed by atoms with Crippen LogP contribution in [-0.2, 0) is 9.59 Å². The molecule has 0 spiro atoms. The lowest BCUT2D eigenvalue weighted by Gasteiger charge is -2.23. The first-order chi connectivity index (χ1) is 9.08. The number of benzene rings is 1. The maximum atomic E-state index is 12.1. The van der Waals surface area contributed by atoms with Crippen molar-refractivity contribution in [3.8, 4) is 0 Å². The van der Waals surface area contributed by atoms with Crippen LogP contribution in [0.5, 0.6) is 0 Å². The summed E-state index contributed by atoms with van der Waals surface area (Å²) in [5.41, 5.74) is 0.580. The fourth-order valence-corrected chi connectivity index (χ4v) is 2.37. The number of hydrogen-bond donors (Lipinski definition) is 2. The number of anilines is 1. The summed E-state index contributed by atoms with van der Waals surface area (Å²) in [6, 6.07) is 6.79. The molecule has 2 rings (SSSR count). The van der Waals surface area contributed by atoms with Crippen molar-refractivity contribution < 1.29 is 14.7 Å². The van der Waals surface area contributed by atoms with Crippen molar-refractivity contribution in [3.63, 3.8) is 0 Å². The van der Waals surface area contributed by atoms with Gasteiger partial charge >= 0.3 is 5.97 Å². The van der Waals surface area contributed by atoms with Gasteiger partial charge in [-0.1, -0.05) is 29.8 Å². The molecule has 2 N–H and O–H groups in total. The van der Waals surface area contributed by atoms with Gasteiger partial charge in [-0.3, -0.25) is 9.59 Å². The number of allylic oxidation sites excluding steroid dienone is 1. The summed E-state index contributed by atoms with van der Waals surface area (Å²) < 4.78 is 0. The van der Waals surface area contributed by atoms with Gasteiger partial charge in [0.25, 0.3) is 0 Å². The Bertz CT molecular complexity index is 527. The second kappa shape index (κ2) is 5.89. The van der Waals surface area contributed by atoms with Crippen molar-refractivity contribution >= 4 is 29.2 Å². The Morgan fingerprint density at radius 3 is 2.84 bits per heavy atom. The van der Waals surface area contributed by atoms with Crippen LogP contribution in [0, 0.1) is 11.8 Å². The molecule has 0 saturated carbocycles. The Balaban J connectivity index is 2.11. The molecule has 0 radical (unpaired) electrons. The van der Waals surface area contributed by atoms with Crippen LogP contribution in [0.25, 0.3) is 0 Å². The lowest BCUT2D eigenvalue weighted by molar-refractivity contribution is -0.144. The molecule has 1 aliphatic carbocycles. The standard InChI is InChI=1S/C14H14ClNO3/c15-9-4-3-5-10(8-9)16-13(17)11-6-1-2-7-12(11)14(18)19/h2-5,7-8,11-12H,1,6H2,(H,16,17)(H,18,19)/t11-,12+/m1/s1. The highest BCUT2D eigenvalue weighted by atomic mass is 35.5. The fourth-order valence-electron chi connectivity index (χ4n) is 2.18. The minimum atomic E-state index is -0.970. The predicted molar refractivity (Wildman–Crippen MR) is 73.1 cm³/mol. The highest BCUT2D eigenvalue weighted by molar-refractivity contribution is 6.30. The van der Waals surface area contributed by atoms with Gasteiger partial charge in [-0.05, 0) is 31.0 Å². The van der Waals surface area contributed by atoms with Gasteiger partial charge in [0.1, 0.15) is 0 Å². The minimum absolute atomic E-state index is 0.279. The molecule has 5 heteroatoms. The average Bonchev–Trinajstić information content (AvgIpc) is 2.38. The molecule has 19 heavy (non-hydrogen) atoms. The quantitative estimate of drug-likeness (QED) is 0.836. The minimum Gasteiger partial charge on any atom is -0.481 e. The van der Waals surface area contributed by atoms with Crippen LogP contribution in [0.15, 0.2) is 36.4 Å². The van der Waals surface area contributed by atoms with E-state index in [1.807, 2.05) is 6.08 Å². The Morgan fingerprint density at radius 1 is 1.37 bits per heavy atom. The monoisotopic (exact) mass is 279 g/mol. The molecule has 0 bridgehead atoms. The van der Waals surface area contributed by atoms with Crippen LogP contribution < -0.4 is 5.32 Å². The zero-order chi connectivity index (χ0) is 13.8. The van der Waals surface area contributed by atoms with E-state index >= 15 is 0 Å². The van der Waals surface area contributed by atoms with Crippen molar-refractivity contribution in [2.75, 3.05) is 5.32 Å². The topological polar surface area (TPSA) is 66.4 Å². The molecule has 0 saturated heterocycles.